The van der Waals surface area contributed by atoms with E-state index in [0.29, 0.717) is 17.6 Å². The lowest BCUT2D eigenvalue weighted by Gasteiger charge is -2.23. The largest absolute Gasteiger partial charge is 0.460 e. The van der Waals surface area contributed by atoms with Crippen LogP contribution in [0.5, 0.6) is 0 Å². The van der Waals surface area contributed by atoms with Crippen LogP contribution in [0, 0.1) is 11.8 Å². The number of aromatic nitrogens is 4. The third-order valence-electron chi connectivity index (χ3n) is 9.73. The van der Waals surface area contributed by atoms with Crippen molar-refractivity contribution in [3.63, 3.8) is 0 Å². The first-order chi connectivity index (χ1) is 25.6. The molecular formula is C40H67N5O9. The highest BCUT2D eigenvalue weighted by molar-refractivity contribution is 5.75. The van der Waals surface area contributed by atoms with Crippen molar-refractivity contribution in [2.24, 2.45) is 17.6 Å². The Morgan fingerprint density at radius 1 is 0.722 bits per heavy atom. The summed E-state index contributed by atoms with van der Waals surface area (Å²) in [6, 6.07) is 0. The van der Waals surface area contributed by atoms with Gasteiger partial charge >= 0.3 is 11.9 Å². The van der Waals surface area contributed by atoms with Crippen molar-refractivity contribution >= 4 is 17.8 Å². The van der Waals surface area contributed by atoms with E-state index >= 15 is 0 Å². The van der Waals surface area contributed by atoms with Gasteiger partial charge in [0.25, 0.3) is 0 Å². The van der Waals surface area contributed by atoms with Crippen molar-refractivity contribution in [3.05, 3.63) is 23.4 Å². The number of carbonyl (C=O) groups is 3. The molecule has 2 saturated carbocycles. The fraction of sp³-hybridized carbons (Fsp3) is 0.825. The average Bonchev–Trinajstić information content (AvgIpc) is 3.77. The Morgan fingerprint density at radius 3 is 1.54 bits per heavy atom. The van der Waals surface area contributed by atoms with Crippen LogP contribution in [0.1, 0.15) is 192 Å². The molecule has 0 unspecified atom stereocenters. The molecule has 0 saturated heterocycles. The number of primary amides is 1. The van der Waals surface area contributed by atoms with E-state index in [4.69, 9.17) is 34.1 Å². The van der Waals surface area contributed by atoms with E-state index in [9.17, 15) is 14.4 Å². The molecule has 2 atom stereocenters. The molecule has 0 bridgehead atoms. The minimum absolute atomic E-state index is 0.0354. The molecule has 1 amide bonds. The third-order valence-corrected chi connectivity index (χ3v) is 9.73. The smallest absolute Gasteiger partial charge is 0.307 e. The van der Waals surface area contributed by atoms with Gasteiger partial charge in [-0.1, -0.05) is 100 Å². The Kier molecular flexibility index (Phi) is 19.1. The van der Waals surface area contributed by atoms with Crippen LogP contribution >= 0.6 is 0 Å². The summed E-state index contributed by atoms with van der Waals surface area (Å²) in [5.74, 6) is 1.62. The Labute approximate surface area is 321 Å². The Bertz CT molecular complexity index is 1380. The molecule has 54 heavy (non-hydrogen) atoms. The zero-order valence-corrected chi connectivity index (χ0v) is 33.7. The number of hydrogen-bond donors (Lipinski definition) is 2. The minimum atomic E-state index is -0.556. The maximum absolute atomic E-state index is 12.4. The van der Waals surface area contributed by atoms with Crippen LogP contribution in [0.4, 0.5) is 0 Å². The first-order valence-electron chi connectivity index (χ1n) is 20.2. The summed E-state index contributed by atoms with van der Waals surface area (Å²) >= 11 is 0. The average molecular weight is 762 g/mol. The summed E-state index contributed by atoms with van der Waals surface area (Å²) in [5.41, 5.74) is 4.01. The van der Waals surface area contributed by atoms with Gasteiger partial charge in [-0.2, -0.15) is 9.97 Å². The molecule has 2 aliphatic carbocycles. The number of nitrogens with two attached hydrogens (primary N) is 1. The van der Waals surface area contributed by atoms with Gasteiger partial charge in [0.05, 0.1) is 12.8 Å². The van der Waals surface area contributed by atoms with Crippen LogP contribution in [-0.4, -0.2) is 61.0 Å². The molecular weight excluding hydrogens is 694 g/mol. The molecule has 0 radical (unpaired) electrons. The van der Waals surface area contributed by atoms with E-state index in [0.717, 1.165) is 43.9 Å². The molecule has 0 aliphatic heterocycles. The molecule has 3 N–H and O–H groups in total. The molecule has 0 spiro atoms. The van der Waals surface area contributed by atoms with E-state index in [1.54, 1.807) is 0 Å². The van der Waals surface area contributed by atoms with Gasteiger partial charge < -0.3 is 34.1 Å². The van der Waals surface area contributed by atoms with Gasteiger partial charge in [0, 0.05) is 11.8 Å². The number of ether oxygens (including phenoxy) is 3. The molecule has 2 aromatic rings. The maximum Gasteiger partial charge on any atom is 0.307 e. The van der Waals surface area contributed by atoms with Crippen LogP contribution in [-0.2, 0) is 41.8 Å². The SMILES string of the molecule is CC(C)(C)OC(=O)C[C@@H](CCCC1CCCCC1)c1nc(CO)no1.CC(C)(C)OC(=O)C[C@@H](CCCC1CCCCC1)c1nc(COCC(N)=O)no1. The fourth-order valence-electron chi connectivity index (χ4n) is 7.28. The zero-order valence-electron chi connectivity index (χ0n) is 33.7. The van der Waals surface area contributed by atoms with Crippen molar-refractivity contribution in [1.29, 1.82) is 0 Å². The molecule has 2 fully saturated rings. The van der Waals surface area contributed by atoms with Gasteiger partial charge in [-0.15, -0.1) is 0 Å². The van der Waals surface area contributed by atoms with Gasteiger partial charge in [-0.25, -0.2) is 0 Å². The zero-order chi connectivity index (χ0) is 39.6. The first kappa shape index (κ1) is 45.0. The number of aliphatic hydroxyl groups is 1. The Hall–Kier alpha value is -3.39. The van der Waals surface area contributed by atoms with E-state index in [-0.39, 0.29) is 62.3 Å². The van der Waals surface area contributed by atoms with Crippen LogP contribution in [0.2, 0.25) is 0 Å². The maximum atomic E-state index is 12.4. The number of carbonyl (C=O) groups excluding carboxylic acids is 3. The standard InChI is InChI=1S/C21H35N3O5.C19H32N2O4/c1-21(2,3)28-19(26)12-16(11-7-10-15-8-5-4-6-9-15)20-23-18(24-29-20)14-27-13-17(22)25;1-19(2,3)24-17(23)12-15(18-20-16(13-22)21-25-18)11-7-10-14-8-5-4-6-9-14/h15-16H,4-14H2,1-3H3,(H2,22,25);14-15,22H,4-13H2,1-3H3/t16-;15-/m11/s1. The lowest BCUT2D eigenvalue weighted by Crippen LogP contribution is -2.25. The Balaban J connectivity index is 0.000000294. The second kappa shape index (κ2) is 22.9. The monoisotopic (exact) mass is 761 g/mol. The second-order valence-corrected chi connectivity index (χ2v) is 17.1. The van der Waals surface area contributed by atoms with Crippen molar-refractivity contribution in [2.75, 3.05) is 6.61 Å². The van der Waals surface area contributed by atoms with Crippen LogP contribution in [0.15, 0.2) is 9.05 Å². The number of esters is 2. The van der Waals surface area contributed by atoms with Gasteiger partial charge in [0.2, 0.25) is 17.7 Å². The number of nitrogens with zero attached hydrogens (tertiary/aromatic N) is 4. The molecule has 306 valence electrons. The predicted molar refractivity (Wildman–Crippen MR) is 201 cm³/mol. The summed E-state index contributed by atoms with van der Waals surface area (Å²) in [6.07, 6.45) is 19.7. The molecule has 14 nitrogen and oxygen atoms in total. The van der Waals surface area contributed by atoms with E-state index in [1.165, 1.54) is 70.6 Å². The topological polar surface area (TPSA) is 203 Å². The van der Waals surface area contributed by atoms with Gasteiger partial charge in [-0.05, 0) is 66.2 Å². The minimum Gasteiger partial charge on any atom is -0.460 e. The molecule has 2 aliphatic rings. The highest BCUT2D eigenvalue weighted by Crippen LogP contribution is 2.33. The number of amides is 1. The van der Waals surface area contributed by atoms with Crippen molar-refractivity contribution in [1.82, 2.24) is 20.3 Å². The second-order valence-electron chi connectivity index (χ2n) is 17.1. The van der Waals surface area contributed by atoms with E-state index in [2.05, 4.69) is 20.3 Å². The quantitative estimate of drug-likeness (QED) is 0.132. The van der Waals surface area contributed by atoms with Crippen molar-refractivity contribution in [2.45, 2.75) is 193 Å². The summed E-state index contributed by atoms with van der Waals surface area (Å²) in [7, 11) is 0. The Morgan fingerprint density at radius 2 is 1.15 bits per heavy atom. The summed E-state index contributed by atoms with van der Waals surface area (Å²) < 4.78 is 26.7. The molecule has 4 rings (SSSR count). The van der Waals surface area contributed by atoms with Gasteiger partial charge in [-0.3, -0.25) is 14.4 Å². The van der Waals surface area contributed by atoms with Gasteiger partial charge in [0.15, 0.2) is 11.6 Å². The number of aliphatic hydroxyl groups excluding tert-OH is 1. The normalized spacial score (nSPS) is 16.9. The summed E-state index contributed by atoms with van der Waals surface area (Å²) in [5, 5.41) is 16.8. The summed E-state index contributed by atoms with van der Waals surface area (Å²) in [6.45, 7) is 10.7. The highest BCUT2D eigenvalue weighted by atomic mass is 16.6. The molecule has 0 aromatic carbocycles. The predicted octanol–water partition coefficient (Wildman–Crippen LogP) is 7.77. The van der Waals surface area contributed by atoms with Crippen molar-refractivity contribution < 1.29 is 42.7 Å². The fourth-order valence-corrected chi connectivity index (χ4v) is 7.28. The number of hydrogen-bond acceptors (Lipinski definition) is 13. The lowest BCUT2D eigenvalue weighted by atomic mass is 9.84. The van der Waals surface area contributed by atoms with Crippen LogP contribution in [0.25, 0.3) is 0 Å². The van der Waals surface area contributed by atoms with E-state index < -0.39 is 17.1 Å². The highest BCUT2D eigenvalue weighted by Gasteiger charge is 2.28. The molecule has 2 aromatic heterocycles. The molecule has 2 heterocycles. The van der Waals surface area contributed by atoms with E-state index in [1.807, 2.05) is 41.5 Å². The van der Waals surface area contributed by atoms with Gasteiger partial charge in [0.1, 0.15) is 31.0 Å². The van der Waals surface area contributed by atoms with Crippen LogP contribution in [0.3, 0.4) is 0 Å². The van der Waals surface area contributed by atoms with Crippen molar-refractivity contribution in [3.8, 4) is 0 Å². The van der Waals surface area contributed by atoms with Crippen LogP contribution < -0.4 is 5.73 Å². The first-order valence-corrected chi connectivity index (χ1v) is 20.2. The number of rotatable bonds is 19. The molecule has 14 heteroatoms. The third kappa shape index (κ3) is 18.8. The summed E-state index contributed by atoms with van der Waals surface area (Å²) in [4.78, 5) is 43.9. The lowest BCUT2D eigenvalue weighted by molar-refractivity contribution is -0.156.